The second-order valence-electron chi connectivity index (χ2n) is 5.77. The van der Waals surface area contributed by atoms with Crippen LogP contribution in [0.2, 0.25) is 0 Å². The zero-order valence-electron chi connectivity index (χ0n) is 13.0. The van der Waals surface area contributed by atoms with Crippen molar-refractivity contribution in [3.8, 4) is 0 Å². The van der Waals surface area contributed by atoms with Crippen LogP contribution in [0.25, 0.3) is 0 Å². The smallest absolute Gasteiger partial charge is 0.417 e. The third-order valence-corrected chi connectivity index (χ3v) is 2.75. The number of hydrogen-bond donors (Lipinski definition) is 1. The standard InChI is InChI=1S/C16H21N2O4/c1-16(2,3)22-15(21)18(14(20)10-17)13(11-19)9-12-7-5-4-6-8-12/h4-8,13H,9-10,17H2,1-3H3/t13-/m0/s1. The van der Waals surface area contributed by atoms with E-state index in [0.717, 1.165) is 10.5 Å². The van der Waals surface area contributed by atoms with Gasteiger partial charge in [0.1, 0.15) is 11.6 Å². The van der Waals surface area contributed by atoms with Gasteiger partial charge < -0.3 is 10.5 Å². The molecule has 1 radical (unpaired) electrons. The Morgan fingerprint density at radius 3 is 2.32 bits per heavy atom. The molecule has 1 aromatic rings. The van der Waals surface area contributed by atoms with Crippen LogP contribution in [0.4, 0.5) is 4.79 Å². The van der Waals surface area contributed by atoms with Gasteiger partial charge in [0.05, 0.1) is 6.54 Å². The van der Waals surface area contributed by atoms with Gasteiger partial charge in [0.25, 0.3) is 0 Å². The van der Waals surface area contributed by atoms with Gasteiger partial charge in [-0.2, -0.15) is 0 Å². The van der Waals surface area contributed by atoms with Crippen molar-refractivity contribution in [3.63, 3.8) is 0 Å². The molecule has 22 heavy (non-hydrogen) atoms. The fraction of sp³-hybridized carbons (Fsp3) is 0.438. The molecular formula is C16H21N2O4. The van der Waals surface area contributed by atoms with E-state index in [1.807, 2.05) is 6.07 Å². The number of carbonyl (C=O) groups is 2. The summed E-state index contributed by atoms with van der Waals surface area (Å²) in [5.41, 5.74) is 5.34. The highest BCUT2D eigenvalue weighted by Crippen LogP contribution is 2.14. The van der Waals surface area contributed by atoms with Crippen LogP contribution in [0.3, 0.4) is 0 Å². The summed E-state index contributed by atoms with van der Waals surface area (Å²) in [6.07, 6.45) is 0.997. The Bertz CT molecular complexity index is 523. The van der Waals surface area contributed by atoms with Crippen molar-refractivity contribution in [3.05, 3.63) is 35.9 Å². The molecule has 1 atom stereocenters. The van der Waals surface area contributed by atoms with Crippen molar-refractivity contribution in [1.82, 2.24) is 4.90 Å². The average Bonchev–Trinajstić information content (AvgIpc) is 2.45. The van der Waals surface area contributed by atoms with E-state index in [0.29, 0.717) is 0 Å². The van der Waals surface area contributed by atoms with E-state index in [1.54, 1.807) is 51.3 Å². The minimum Gasteiger partial charge on any atom is -0.443 e. The minimum absolute atomic E-state index is 0.162. The fourth-order valence-corrected chi connectivity index (χ4v) is 1.84. The normalized spacial score (nSPS) is 12.4. The van der Waals surface area contributed by atoms with Crippen LogP contribution in [-0.2, 0) is 20.7 Å². The first-order chi connectivity index (χ1) is 10.3. The van der Waals surface area contributed by atoms with Gasteiger partial charge in [-0.1, -0.05) is 30.3 Å². The molecule has 119 valence electrons. The molecule has 0 saturated carbocycles. The highest BCUT2D eigenvalue weighted by atomic mass is 16.6. The number of hydrogen-bond acceptors (Lipinski definition) is 5. The lowest BCUT2D eigenvalue weighted by atomic mass is 10.1. The van der Waals surface area contributed by atoms with E-state index in [9.17, 15) is 14.4 Å². The molecule has 0 fully saturated rings. The number of imide groups is 1. The number of amides is 2. The lowest BCUT2D eigenvalue weighted by Gasteiger charge is -2.29. The zero-order chi connectivity index (χ0) is 16.8. The van der Waals surface area contributed by atoms with Crippen LogP contribution < -0.4 is 5.73 Å². The number of nitrogens with two attached hydrogens (primary N) is 1. The number of ether oxygens (including phenoxy) is 1. The largest absolute Gasteiger partial charge is 0.443 e. The maximum Gasteiger partial charge on any atom is 0.417 e. The number of benzene rings is 1. The van der Waals surface area contributed by atoms with Gasteiger partial charge >= 0.3 is 6.09 Å². The van der Waals surface area contributed by atoms with Crippen molar-refractivity contribution in [2.75, 3.05) is 6.54 Å². The van der Waals surface area contributed by atoms with E-state index >= 15 is 0 Å². The van der Waals surface area contributed by atoms with E-state index in [1.165, 1.54) is 0 Å². The first kappa shape index (κ1) is 17.8. The Balaban J connectivity index is 3.00. The van der Waals surface area contributed by atoms with Crippen LogP contribution in [0.15, 0.2) is 30.3 Å². The van der Waals surface area contributed by atoms with E-state index in [-0.39, 0.29) is 6.42 Å². The topological polar surface area (TPSA) is 89.7 Å². The van der Waals surface area contributed by atoms with Crippen molar-refractivity contribution < 1.29 is 19.1 Å². The lowest BCUT2D eigenvalue weighted by molar-refractivity contribution is -0.129. The summed E-state index contributed by atoms with van der Waals surface area (Å²) < 4.78 is 5.18. The summed E-state index contributed by atoms with van der Waals surface area (Å²) in [6, 6.07) is 7.96. The predicted octanol–water partition coefficient (Wildman–Crippen LogP) is 1.43. The Labute approximate surface area is 130 Å². The van der Waals surface area contributed by atoms with Gasteiger partial charge in [-0.15, -0.1) is 0 Å². The molecule has 0 spiro atoms. The second-order valence-corrected chi connectivity index (χ2v) is 5.77. The summed E-state index contributed by atoms with van der Waals surface area (Å²) in [4.78, 5) is 36.2. The molecule has 0 aromatic heterocycles. The van der Waals surface area contributed by atoms with E-state index in [2.05, 4.69) is 0 Å². The minimum atomic E-state index is -1.08. The average molecular weight is 305 g/mol. The quantitative estimate of drug-likeness (QED) is 0.888. The molecule has 6 heteroatoms. The maximum atomic E-state index is 12.2. The summed E-state index contributed by atoms with van der Waals surface area (Å²) >= 11 is 0. The highest BCUT2D eigenvalue weighted by molar-refractivity contribution is 5.96. The molecule has 0 heterocycles. The van der Waals surface area contributed by atoms with Crippen LogP contribution in [0.5, 0.6) is 0 Å². The van der Waals surface area contributed by atoms with Crippen LogP contribution >= 0.6 is 0 Å². The molecule has 0 bridgehead atoms. The number of nitrogens with zero attached hydrogens (tertiary/aromatic N) is 1. The molecule has 2 amide bonds. The fourth-order valence-electron chi connectivity index (χ4n) is 1.84. The van der Waals surface area contributed by atoms with Gasteiger partial charge in [0, 0.05) is 6.42 Å². The molecule has 0 unspecified atom stereocenters. The Hall–Kier alpha value is -2.21. The molecule has 6 nitrogen and oxygen atoms in total. The third-order valence-electron chi connectivity index (χ3n) is 2.75. The predicted molar refractivity (Wildman–Crippen MR) is 81.8 cm³/mol. The zero-order valence-corrected chi connectivity index (χ0v) is 13.0. The second kappa shape index (κ2) is 7.70. The van der Waals surface area contributed by atoms with Crippen LogP contribution in [0.1, 0.15) is 26.3 Å². The monoisotopic (exact) mass is 305 g/mol. The number of carbonyl (C=O) groups excluding carboxylic acids is 3. The van der Waals surface area contributed by atoms with Crippen molar-refractivity contribution in [2.24, 2.45) is 5.73 Å². The molecule has 1 aromatic carbocycles. The molecule has 2 N–H and O–H groups in total. The van der Waals surface area contributed by atoms with Crippen molar-refractivity contribution >= 4 is 18.3 Å². The molecular weight excluding hydrogens is 284 g/mol. The van der Waals surface area contributed by atoms with Crippen molar-refractivity contribution in [2.45, 2.75) is 38.8 Å². The Kier molecular flexibility index (Phi) is 6.24. The van der Waals surface area contributed by atoms with Gasteiger partial charge in [0.15, 0.2) is 0 Å². The molecule has 0 aliphatic carbocycles. The first-order valence-electron chi connectivity index (χ1n) is 6.95. The van der Waals surface area contributed by atoms with E-state index in [4.69, 9.17) is 10.5 Å². The van der Waals surface area contributed by atoms with Crippen LogP contribution in [-0.4, -0.2) is 41.4 Å². The SMILES string of the molecule is CC(C)(C)OC(=O)N(C(=O)CN)[C@H]([C]=O)Cc1ccccc1. The van der Waals surface area contributed by atoms with E-state index < -0.39 is 30.2 Å². The summed E-state index contributed by atoms with van der Waals surface area (Å²) in [5, 5.41) is 0. The summed E-state index contributed by atoms with van der Waals surface area (Å²) in [6.45, 7) is 4.62. The molecule has 1 rings (SSSR count). The summed E-state index contributed by atoms with van der Waals surface area (Å²) in [7, 11) is 0. The molecule has 0 aliphatic rings. The highest BCUT2D eigenvalue weighted by Gasteiger charge is 2.33. The molecule has 0 saturated heterocycles. The lowest BCUT2D eigenvalue weighted by Crippen LogP contribution is -2.50. The van der Waals surface area contributed by atoms with Gasteiger partial charge in [-0.3, -0.25) is 9.59 Å². The van der Waals surface area contributed by atoms with Crippen LogP contribution in [0, 0.1) is 0 Å². The first-order valence-corrected chi connectivity index (χ1v) is 6.95. The maximum absolute atomic E-state index is 12.2. The van der Waals surface area contributed by atoms with Crippen molar-refractivity contribution in [1.29, 1.82) is 0 Å². The van der Waals surface area contributed by atoms with Gasteiger partial charge in [-0.05, 0) is 26.3 Å². The Morgan fingerprint density at radius 1 is 1.27 bits per heavy atom. The number of rotatable bonds is 5. The Morgan fingerprint density at radius 2 is 1.86 bits per heavy atom. The molecule has 0 aliphatic heterocycles. The summed E-state index contributed by atoms with van der Waals surface area (Å²) in [5.74, 6) is -0.682. The van der Waals surface area contributed by atoms with Gasteiger partial charge in [-0.25, -0.2) is 9.69 Å². The van der Waals surface area contributed by atoms with Gasteiger partial charge in [0.2, 0.25) is 12.2 Å². The third kappa shape index (κ3) is 5.29.